The molecule has 0 spiro atoms. The number of aliphatic imine (C=N–C) groups is 1. The Morgan fingerprint density at radius 2 is 1.73 bits per heavy atom. The zero-order valence-electron chi connectivity index (χ0n) is 8.97. The molecule has 4 heteroatoms. The van der Waals surface area contributed by atoms with Crippen LogP contribution in [-0.4, -0.2) is 13.8 Å². The first-order chi connectivity index (χ1) is 6.92. The van der Waals surface area contributed by atoms with Crippen LogP contribution in [0.3, 0.4) is 0 Å². The standard InChI is InChI=1S/C11H13Cl2NO/c1-11(2,14-3)7-5-8(12)10(15-4)9(13)6-7/h5-6H,3H2,1-2,4H3. The van der Waals surface area contributed by atoms with E-state index in [9.17, 15) is 0 Å². The lowest BCUT2D eigenvalue weighted by atomic mass is 9.95. The van der Waals surface area contributed by atoms with Gasteiger partial charge in [0.15, 0.2) is 5.75 Å². The molecule has 0 aliphatic carbocycles. The SMILES string of the molecule is C=NC(C)(C)c1cc(Cl)c(OC)c(Cl)c1. The monoisotopic (exact) mass is 245 g/mol. The van der Waals surface area contributed by atoms with Crippen molar-refractivity contribution in [2.45, 2.75) is 19.4 Å². The van der Waals surface area contributed by atoms with Crippen molar-refractivity contribution in [3.8, 4) is 5.75 Å². The van der Waals surface area contributed by atoms with Crippen LogP contribution in [0.25, 0.3) is 0 Å². The average Bonchev–Trinajstić information content (AvgIpc) is 2.17. The Labute approximate surface area is 99.9 Å². The molecule has 1 aromatic rings. The first kappa shape index (κ1) is 12.3. The van der Waals surface area contributed by atoms with Gasteiger partial charge in [-0.15, -0.1) is 0 Å². The van der Waals surface area contributed by atoms with Gasteiger partial charge in [-0.2, -0.15) is 0 Å². The van der Waals surface area contributed by atoms with Crippen molar-refractivity contribution in [3.05, 3.63) is 27.7 Å². The normalized spacial score (nSPS) is 11.3. The van der Waals surface area contributed by atoms with E-state index in [1.807, 2.05) is 13.8 Å². The average molecular weight is 246 g/mol. The minimum Gasteiger partial charge on any atom is -0.494 e. The molecule has 0 atom stereocenters. The third-order valence-electron chi connectivity index (χ3n) is 2.30. The topological polar surface area (TPSA) is 21.6 Å². The second-order valence-electron chi connectivity index (χ2n) is 3.69. The van der Waals surface area contributed by atoms with Crippen LogP contribution >= 0.6 is 23.2 Å². The lowest BCUT2D eigenvalue weighted by molar-refractivity contribution is 0.414. The molecule has 0 radical (unpaired) electrons. The lowest BCUT2D eigenvalue weighted by Gasteiger charge is -2.21. The molecule has 0 fully saturated rings. The molecule has 0 aliphatic heterocycles. The molecule has 0 bridgehead atoms. The molecule has 0 saturated carbocycles. The first-order valence-electron chi connectivity index (χ1n) is 4.43. The van der Waals surface area contributed by atoms with E-state index in [2.05, 4.69) is 11.7 Å². The molecular formula is C11H13Cl2NO. The second kappa shape index (κ2) is 4.42. The molecule has 82 valence electrons. The van der Waals surface area contributed by atoms with Crippen molar-refractivity contribution in [1.82, 2.24) is 0 Å². The maximum Gasteiger partial charge on any atom is 0.156 e. The third-order valence-corrected chi connectivity index (χ3v) is 2.87. The first-order valence-corrected chi connectivity index (χ1v) is 5.19. The molecule has 0 saturated heterocycles. The van der Waals surface area contributed by atoms with Crippen molar-refractivity contribution in [2.75, 3.05) is 7.11 Å². The fraction of sp³-hybridized carbons (Fsp3) is 0.364. The van der Waals surface area contributed by atoms with Gasteiger partial charge in [-0.05, 0) is 38.3 Å². The maximum atomic E-state index is 6.03. The maximum absolute atomic E-state index is 6.03. The number of methoxy groups -OCH3 is 1. The Hall–Kier alpha value is -0.730. The lowest BCUT2D eigenvalue weighted by Crippen LogP contribution is -2.13. The second-order valence-corrected chi connectivity index (χ2v) is 4.50. The summed E-state index contributed by atoms with van der Waals surface area (Å²) in [5, 5.41) is 0.966. The van der Waals surface area contributed by atoms with Crippen LogP contribution in [0.4, 0.5) is 0 Å². The summed E-state index contributed by atoms with van der Waals surface area (Å²) in [5.74, 6) is 0.488. The van der Waals surface area contributed by atoms with Gasteiger partial charge >= 0.3 is 0 Å². The summed E-state index contributed by atoms with van der Waals surface area (Å²) in [6.07, 6.45) is 0. The van der Waals surface area contributed by atoms with Gasteiger partial charge in [0.2, 0.25) is 0 Å². The molecule has 0 N–H and O–H groups in total. The van der Waals surface area contributed by atoms with Crippen LogP contribution in [-0.2, 0) is 5.54 Å². The number of rotatable bonds is 3. The summed E-state index contributed by atoms with van der Waals surface area (Å²) in [6, 6.07) is 3.59. The zero-order chi connectivity index (χ0) is 11.6. The van der Waals surface area contributed by atoms with Gasteiger partial charge in [0.1, 0.15) is 0 Å². The van der Waals surface area contributed by atoms with E-state index in [1.165, 1.54) is 7.11 Å². The quantitative estimate of drug-likeness (QED) is 0.740. The van der Waals surface area contributed by atoms with Gasteiger partial charge in [-0.25, -0.2) is 0 Å². The Morgan fingerprint density at radius 1 is 1.27 bits per heavy atom. The summed E-state index contributed by atoms with van der Waals surface area (Å²) in [5.41, 5.74) is 0.507. The molecular weight excluding hydrogens is 233 g/mol. The number of ether oxygens (including phenoxy) is 1. The molecule has 0 amide bonds. The summed E-state index contributed by atoms with van der Waals surface area (Å²) < 4.78 is 5.07. The van der Waals surface area contributed by atoms with E-state index in [0.29, 0.717) is 15.8 Å². The molecule has 0 aromatic heterocycles. The van der Waals surface area contributed by atoms with Gasteiger partial charge in [-0.1, -0.05) is 23.2 Å². The summed E-state index contributed by atoms with van der Waals surface area (Å²) in [7, 11) is 1.53. The van der Waals surface area contributed by atoms with Crippen molar-refractivity contribution in [1.29, 1.82) is 0 Å². The van der Waals surface area contributed by atoms with E-state index in [0.717, 1.165) is 5.56 Å². The fourth-order valence-corrected chi connectivity index (χ4v) is 1.84. The van der Waals surface area contributed by atoms with Gasteiger partial charge < -0.3 is 4.74 Å². The van der Waals surface area contributed by atoms with E-state index < -0.39 is 5.54 Å². The Kier molecular flexibility index (Phi) is 3.63. The van der Waals surface area contributed by atoms with Crippen LogP contribution in [0.15, 0.2) is 17.1 Å². The molecule has 0 aliphatic rings. The van der Waals surface area contributed by atoms with E-state index in [-0.39, 0.29) is 0 Å². The van der Waals surface area contributed by atoms with E-state index in [4.69, 9.17) is 27.9 Å². The van der Waals surface area contributed by atoms with E-state index in [1.54, 1.807) is 12.1 Å². The number of nitrogens with zero attached hydrogens (tertiary/aromatic N) is 1. The smallest absolute Gasteiger partial charge is 0.156 e. The van der Waals surface area contributed by atoms with Crippen molar-refractivity contribution in [2.24, 2.45) is 4.99 Å². The third kappa shape index (κ3) is 2.44. The minimum atomic E-state index is -0.403. The number of hydrogen-bond acceptors (Lipinski definition) is 2. The Bertz CT molecular complexity index is 365. The number of halogens is 2. The Morgan fingerprint density at radius 3 is 2.07 bits per heavy atom. The highest BCUT2D eigenvalue weighted by molar-refractivity contribution is 6.37. The highest BCUT2D eigenvalue weighted by Crippen LogP contribution is 2.37. The predicted molar refractivity (Wildman–Crippen MR) is 65.6 cm³/mol. The van der Waals surface area contributed by atoms with Crippen LogP contribution in [0.2, 0.25) is 10.0 Å². The van der Waals surface area contributed by atoms with Gasteiger partial charge in [0.25, 0.3) is 0 Å². The van der Waals surface area contributed by atoms with Gasteiger partial charge in [-0.3, -0.25) is 4.99 Å². The predicted octanol–water partition coefficient (Wildman–Crippen LogP) is 3.94. The zero-order valence-corrected chi connectivity index (χ0v) is 10.5. The Balaban J connectivity index is 3.31. The summed E-state index contributed by atoms with van der Waals surface area (Å²) in [4.78, 5) is 4.02. The van der Waals surface area contributed by atoms with Crippen LogP contribution < -0.4 is 4.74 Å². The van der Waals surface area contributed by atoms with Crippen LogP contribution in [0, 0.1) is 0 Å². The molecule has 1 rings (SSSR count). The highest BCUT2D eigenvalue weighted by atomic mass is 35.5. The van der Waals surface area contributed by atoms with Crippen molar-refractivity contribution >= 4 is 29.9 Å². The van der Waals surface area contributed by atoms with Crippen LogP contribution in [0.1, 0.15) is 19.4 Å². The van der Waals surface area contributed by atoms with Crippen LogP contribution in [0.5, 0.6) is 5.75 Å². The van der Waals surface area contributed by atoms with Gasteiger partial charge in [0, 0.05) is 0 Å². The van der Waals surface area contributed by atoms with Gasteiger partial charge in [0.05, 0.1) is 22.7 Å². The summed E-state index contributed by atoms with van der Waals surface area (Å²) in [6.45, 7) is 7.42. The van der Waals surface area contributed by atoms with Crippen molar-refractivity contribution in [3.63, 3.8) is 0 Å². The molecule has 15 heavy (non-hydrogen) atoms. The number of hydrogen-bond donors (Lipinski definition) is 0. The fourth-order valence-electron chi connectivity index (χ4n) is 1.20. The number of benzene rings is 1. The minimum absolute atomic E-state index is 0.403. The molecule has 2 nitrogen and oxygen atoms in total. The summed E-state index contributed by atoms with van der Waals surface area (Å²) >= 11 is 12.1. The largest absolute Gasteiger partial charge is 0.494 e. The van der Waals surface area contributed by atoms with Crippen molar-refractivity contribution < 1.29 is 4.74 Å². The molecule has 1 aromatic carbocycles. The molecule has 0 heterocycles. The molecule has 0 unspecified atom stereocenters. The highest BCUT2D eigenvalue weighted by Gasteiger charge is 2.20. The van der Waals surface area contributed by atoms with E-state index >= 15 is 0 Å².